The molecule has 0 bridgehead atoms. The molecule has 2 aliphatic rings. The van der Waals surface area contributed by atoms with E-state index in [1.807, 2.05) is 6.92 Å². The van der Waals surface area contributed by atoms with E-state index in [1.165, 1.54) is 0 Å². The Morgan fingerprint density at radius 3 is 2.70 bits per heavy atom. The van der Waals surface area contributed by atoms with Gasteiger partial charge in [-0.05, 0) is 32.0 Å². The molecule has 0 radical (unpaired) electrons. The van der Waals surface area contributed by atoms with E-state index in [1.54, 1.807) is 25.1 Å². The van der Waals surface area contributed by atoms with Gasteiger partial charge in [0.15, 0.2) is 0 Å². The van der Waals surface area contributed by atoms with E-state index in [2.05, 4.69) is 15.3 Å². The Morgan fingerprint density at radius 1 is 1.25 bits per heavy atom. The van der Waals surface area contributed by atoms with Crippen LogP contribution < -0.4 is 5.32 Å². The third kappa shape index (κ3) is 2.05. The molecule has 0 aliphatic carbocycles. The van der Waals surface area contributed by atoms with Gasteiger partial charge in [0.05, 0.1) is 22.0 Å². The number of hydrogen-bond acceptors (Lipinski definition) is 3. The summed E-state index contributed by atoms with van der Waals surface area (Å²) in [5.74, 6) is -0.149. The van der Waals surface area contributed by atoms with Crippen LogP contribution in [0.4, 0.5) is 0 Å². The first-order valence-electron chi connectivity index (χ1n) is 6.12. The Labute approximate surface area is 126 Å². The highest BCUT2D eigenvalue weighted by atomic mass is 35.5. The van der Waals surface area contributed by atoms with Gasteiger partial charge in [0.1, 0.15) is 11.9 Å². The van der Waals surface area contributed by atoms with E-state index >= 15 is 0 Å². The first-order valence-corrected chi connectivity index (χ1v) is 6.87. The van der Waals surface area contributed by atoms with Crippen LogP contribution in [-0.2, 0) is 4.79 Å². The zero-order valence-corrected chi connectivity index (χ0v) is 12.4. The summed E-state index contributed by atoms with van der Waals surface area (Å²) in [4.78, 5) is 21.0. The van der Waals surface area contributed by atoms with Crippen LogP contribution in [0.2, 0.25) is 10.0 Å². The van der Waals surface area contributed by atoms with Gasteiger partial charge in [-0.1, -0.05) is 23.2 Å². The van der Waals surface area contributed by atoms with Crippen molar-refractivity contribution in [3.63, 3.8) is 0 Å². The zero-order chi connectivity index (χ0) is 14.4. The van der Waals surface area contributed by atoms with Crippen LogP contribution in [-0.4, -0.2) is 23.5 Å². The van der Waals surface area contributed by atoms with Crippen LogP contribution in [0.15, 0.2) is 39.5 Å². The van der Waals surface area contributed by atoms with Crippen molar-refractivity contribution in [1.82, 2.24) is 5.32 Å². The Balaban J connectivity index is 2.14. The quantitative estimate of drug-likeness (QED) is 0.852. The molecular formula is C14H11Cl2N3O. The monoisotopic (exact) mass is 307 g/mol. The number of carbonyl (C=O) groups is 1. The number of fused-ring (bicyclic) bond motifs is 1. The SMILES string of the molecule is CC1=C2C(=O)NC(C)N=C2C(c2ccc(Cl)cc2Cl)=N1. The fourth-order valence-corrected chi connectivity index (χ4v) is 2.82. The number of nitrogens with zero attached hydrogens (tertiary/aromatic N) is 2. The molecule has 1 N–H and O–H groups in total. The van der Waals surface area contributed by atoms with Gasteiger partial charge in [-0.25, -0.2) is 4.99 Å². The number of amides is 1. The summed E-state index contributed by atoms with van der Waals surface area (Å²) >= 11 is 12.1. The molecule has 1 unspecified atom stereocenters. The molecule has 0 saturated heterocycles. The number of allylic oxidation sites excluding steroid dienone is 1. The van der Waals surface area contributed by atoms with Crippen LogP contribution in [0.25, 0.3) is 0 Å². The second-order valence-corrected chi connectivity index (χ2v) is 5.52. The maximum absolute atomic E-state index is 12.0. The molecule has 2 heterocycles. The van der Waals surface area contributed by atoms with Crippen molar-refractivity contribution in [3.05, 3.63) is 45.1 Å². The molecule has 1 amide bonds. The van der Waals surface area contributed by atoms with E-state index in [-0.39, 0.29) is 12.1 Å². The summed E-state index contributed by atoms with van der Waals surface area (Å²) in [5.41, 5.74) is 3.12. The maximum atomic E-state index is 12.0. The largest absolute Gasteiger partial charge is 0.330 e. The Hall–Kier alpha value is -1.65. The minimum atomic E-state index is -0.275. The molecule has 0 fully saturated rings. The second-order valence-electron chi connectivity index (χ2n) is 4.67. The Morgan fingerprint density at radius 2 is 2.00 bits per heavy atom. The molecule has 2 aliphatic heterocycles. The number of aliphatic imine (C=N–C) groups is 2. The summed E-state index contributed by atoms with van der Waals surface area (Å²) in [6.07, 6.45) is -0.275. The van der Waals surface area contributed by atoms with Crippen LogP contribution in [0, 0.1) is 0 Å². The fraction of sp³-hybridized carbons (Fsp3) is 0.214. The summed E-state index contributed by atoms with van der Waals surface area (Å²) in [5, 5.41) is 3.81. The van der Waals surface area contributed by atoms with E-state index in [0.717, 1.165) is 5.56 Å². The van der Waals surface area contributed by atoms with Gasteiger partial charge in [0.25, 0.3) is 5.91 Å². The van der Waals surface area contributed by atoms with Gasteiger partial charge in [0, 0.05) is 10.6 Å². The molecule has 0 aromatic heterocycles. The van der Waals surface area contributed by atoms with Crippen molar-refractivity contribution in [2.45, 2.75) is 20.0 Å². The zero-order valence-electron chi connectivity index (χ0n) is 10.9. The smallest absolute Gasteiger partial charge is 0.257 e. The molecule has 1 atom stereocenters. The van der Waals surface area contributed by atoms with Crippen LogP contribution in [0.1, 0.15) is 19.4 Å². The van der Waals surface area contributed by atoms with E-state index in [4.69, 9.17) is 23.2 Å². The number of carbonyl (C=O) groups excluding carboxylic acids is 1. The Kier molecular flexibility index (Phi) is 3.15. The van der Waals surface area contributed by atoms with E-state index in [9.17, 15) is 4.79 Å². The average molecular weight is 308 g/mol. The number of benzene rings is 1. The van der Waals surface area contributed by atoms with Crippen molar-refractivity contribution >= 4 is 40.5 Å². The molecule has 6 heteroatoms. The van der Waals surface area contributed by atoms with Gasteiger partial charge in [-0.2, -0.15) is 0 Å². The minimum Gasteiger partial charge on any atom is -0.330 e. The second kappa shape index (κ2) is 4.72. The molecule has 4 nitrogen and oxygen atoms in total. The lowest BCUT2D eigenvalue weighted by Crippen LogP contribution is -2.41. The van der Waals surface area contributed by atoms with Crippen LogP contribution in [0.5, 0.6) is 0 Å². The minimum absolute atomic E-state index is 0.149. The summed E-state index contributed by atoms with van der Waals surface area (Å²) < 4.78 is 0. The Bertz CT molecular complexity index is 719. The highest BCUT2D eigenvalue weighted by Crippen LogP contribution is 2.29. The lowest BCUT2D eigenvalue weighted by molar-refractivity contribution is -0.117. The van der Waals surface area contributed by atoms with Crippen molar-refractivity contribution in [2.75, 3.05) is 0 Å². The van der Waals surface area contributed by atoms with Crippen molar-refractivity contribution < 1.29 is 4.79 Å². The van der Waals surface area contributed by atoms with Gasteiger partial charge in [0.2, 0.25) is 0 Å². The van der Waals surface area contributed by atoms with E-state index < -0.39 is 0 Å². The van der Waals surface area contributed by atoms with Crippen LogP contribution in [0.3, 0.4) is 0 Å². The third-order valence-corrected chi connectivity index (χ3v) is 3.73. The molecule has 102 valence electrons. The van der Waals surface area contributed by atoms with Crippen molar-refractivity contribution in [2.24, 2.45) is 9.98 Å². The van der Waals surface area contributed by atoms with Crippen molar-refractivity contribution in [3.8, 4) is 0 Å². The molecule has 1 aromatic rings. The first kappa shape index (κ1) is 13.3. The fourth-order valence-electron chi connectivity index (χ4n) is 2.32. The molecule has 20 heavy (non-hydrogen) atoms. The number of hydrogen-bond donors (Lipinski definition) is 1. The highest BCUT2D eigenvalue weighted by molar-refractivity contribution is 6.61. The first-order chi connectivity index (χ1) is 9.47. The third-order valence-electron chi connectivity index (χ3n) is 3.18. The molecular weight excluding hydrogens is 297 g/mol. The number of rotatable bonds is 1. The number of halogens is 2. The number of nitrogens with one attached hydrogen (secondary N) is 1. The van der Waals surface area contributed by atoms with Gasteiger partial charge >= 0.3 is 0 Å². The topological polar surface area (TPSA) is 53.8 Å². The standard InChI is InChI=1S/C14H11Cl2N3O/c1-6-11-13(18-7(2)19-14(11)20)12(17-6)9-4-3-8(15)5-10(9)16/h3-5,7H,1-2H3,(H,19,20). The van der Waals surface area contributed by atoms with Crippen molar-refractivity contribution in [1.29, 1.82) is 0 Å². The lowest BCUT2D eigenvalue weighted by atomic mass is 9.99. The molecule has 3 rings (SSSR count). The normalized spacial score (nSPS) is 21.4. The van der Waals surface area contributed by atoms with Gasteiger partial charge in [-0.3, -0.25) is 9.79 Å². The van der Waals surface area contributed by atoms with Gasteiger partial charge in [-0.15, -0.1) is 0 Å². The van der Waals surface area contributed by atoms with E-state index in [0.29, 0.717) is 32.7 Å². The lowest BCUT2D eigenvalue weighted by Gasteiger charge is -2.19. The molecule has 0 saturated carbocycles. The maximum Gasteiger partial charge on any atom is 0.257 e. The molecule has 0 spiro atoms. The predicted octanol–water partition coefficient (Wildman–Crippen LogP) is 2.99. The van der Waals surface area contributed by atoms with Gasteiger partial charge < -0.3 is 5.32 Å². The average Bonchev–Trinajstić information content (AvgIpc) is 2.66. The summed E-state index contributed by atoms with van der Waals surface area (Å²) in [6, 6.07) is 5.19. The highest BCUT2D eigenvalue weighted by Gasteiger charge is 2.34. The predicted molar refractivity (Wildman–Crippen MR) is 80.7 cm³/mol. The van der Waals surface area contributed by atoms with Crippen LogP contribution >= 0.6 is 23.2 Å². The summed E-state index contributed by atoms with van der Waals surface area (Å²) in [6.45, 7) is 3.60. The summed E-state index contributed by atoms with van der Waals surface area (Å²) in [7, 11) is 0. The molecule has 1 aromatic carbocycles.